The molecule has 0 radical (unpaired) electrons. The van der Waals surface area contributed by atoms with Crippen molar-refractivity contribution in [1.29, 1.82) is 5.26 Å². The maximum absolute atomic E-state index is 14.1. The third-order valence-electron chi connectivity index (χ3n) is 8.84. The summed E-state index contributed by atoms with van der Waals surface area (Å²) < 4.78 is 16.9. The van der Waals surface area contributed by atoms with Gasteiger partial charge < -0.3 is 30.0 Å². The number of hydrogen-bond donors (Lipinski definition) is 3. The summed E-state index contributed by atoms with van der Waals surface area (Å²) in [5.74, 6) is -1.18. The lowest BCUT2D eigenvalue weighted by Crippen LogP contribution is -2.56. The number of nitrogens with one attached hydrogen (secondary N) is 2. The first kappa shape index (κ1) is 35.5. The first-order valence-electron chi connectivity index (χ1n) is 16.7. The zero-order valence-electron chi connectivity index (χ0n) is 29.1. The number of phenolic OH excluding ortho intramolecular Hbond substituents is 1. The molecular weight excluding hydrogens is 664 g/mol. The van der Waals surface area contributed by atoms with Gasteiger partial charge in [-0.05, 0) is 85.0 Å². The molecule has 2 heterocycles. The number of phenols is 1. The maximum atomic E-state index is 14.1. The molecule has 0 bridgehead atoms. The fourth-order valence-electron chi connectivity index (χ4n) is 6.21. The van der Waals surface area contributed by atoms with E-state index in [1.54, 1.807) is 57.2 Å². The average Bonchev–Trinajstić information content (AvgIpc) is 3.12. The summed E-state index contributed by atoms with van der Waals surface area (Å²) in [6.45, 7) is 5.19. The summed E-state index contributed by atoms with van der Waals surface area (Å²) in [4.78, 5) is 55.0. The molecule has 2 unspecified atom stereocenters. The third kappa shape index (κ3) is 7.84. The van der Waals surface area contributed by atoms with Crippen LogP contribution >= 0.6 is 0 Å². The number of fused-ring (bicyclic) bond motifs is 2. The van der Waals surface area contributed by atoms with Gasteiger partial charge in [-0.2, -0.15) is 5.26 Å². The summed E-state index contributed by atoms with van der Waals surface area (Å²) in [6.07, 6.45) is -1.48. The number of carbonyl (C=O) groups excluding carboxylic acids is 4. The molecule has 0 fully saturated rings. The van der Waals surface area contributed by atoms with Crippen LogP contribution in [0, 0.1) is 11.3 Å². The van der Waals surface area contributed by atoms with Crippen molar-refractivity contribution in [2.24, 2.45) is 0 Å². The number of hydrogen-bond acceptors (Lipinski definition) is 9. The van der Waals surface area contributed by atoms with Crippen molar-refractivity contribution in [2.75, 3.05) is 12.4 Å². The summed E-state index contributed by atoms with van der Waals surface area (Å²) in [5, 5.41) is 24.5. The molecular formula is C40H38N4O8. The molecule has 2 aliphatic heterocycles. The van der Waals surface area contributed by atoms with Gasteiger partial charge in [0.25, 0.3) is 5.91 Å². The second-order valence-corrected chi connectivity index (χ2v) is 13.7. The highest BCUT2D eigenvalue weighted by Crippen LogP contribution is 2.40. The molecule has 12 nitrogen and oxygen atoms in total. The summed E-state index contributed by atoms with van der Waals surface area (Å²) in [5.41, 5.74) is 4.68. The van der Waals surface area contributed by atoms with Gasteiger partial charge in [0.15, 0.2) is 0 Å². The lowest BCUT2D eigenvalue weighted by Gasteiger charge is -2.38. The van der Waals surface area contributed by atoms with Gasteiger partial charge in [0.1, 0.15) is 29.2 Å². The van der Waals surface area contributed by atoms with Gasteiger partial charge >= 0.3 is 12.1 Å². The Morgan fingerprint density at radius 1 is 1.00 bits per heavy atom. The van der Waals surface area contributed by atoms with E-state index in [4.69, 9.17) is 19.5 Å². The van der Waals surface area contributed by atoms with Crippen LogP contribution in [0.1, 0.15) is 54.7 Å². The molecule has 3 amide bonds. The SMILES string of the molecule is COC(=O)[C@H](Cc1ccc(-c2ccc(C#N)cc2)cc1)NC(=O)C1Cc2cc3c(cc2CN1C(=O)OC(C)(C)C)OC(c1ccc(O)cc1)C(=O)N3. The second kappa shape index (κ2) is 14.5. The lowest BCUT2D eigenvalue weighted by molar-refractivity contribution is -0.145. The second-order valence-electron chi connectivity index (χ2n) is 13.7. The van der Waals surface area contributed by atoms with E-state index in [1.807, 2.05) is 36.4 Å². The van der Waals surface area contributed by atoms with Gasteiger partial charge in [-0.15, -0.1) is 0 Å². The summed E-state index contributed by atoms with van der Waals surface area (Å²) in [7, 11) is 1.24. The molecule has 52 heavy (non-hydrogen) atoms. The molecule has 0 aliphatic carbocycles. The Kier molecular flexibility index (Phi) is 9.88. The molecule has 4 aromatic carbocycles. The zero-order valence-corrected chi connectivity index (χ0v) is 29.1. The molecule has 266 valence electrons. The number of carbonyl (C=O) groups is 4. The predicted molar refractivity (Wildman–Crippen MR) is 190 cm³/mol. The number of methoxy groups -OCH3 is 1. The van der Waals surface area contributed by atoms with Gasteiger partial charge in [0.2, 0.25) is 12.0 Å². The predicted octanol–water partition coefficient (Wildman–Crippen LogP) is 5.57. The number of rotatable bonds is 7. The number of ether oxygens (including phenoxy) is 3. The van der Waals surface area contributed by atoms with Crippen LogP contribution in [0.5, 0.6) is 11.5 Å². The Balaban J connectivity index is 1.24. The largest absolute Gasteiger partial charge is 0.508 e. The van der Waals surface area contributed by atoms with E-state index in [0.29, 0.717) is 33.7 Å². The van der Waals surface area contributed by atoms with E-state index in [0.717, 1.165) is 16.7 Å². The summed E-state index contributed by atoms with van der Waals surface area (Å²) >= 11 is 0. The molecule has 0 spiro atoms. The molecule has 6 rings (SSSR count). The van der Waals surface area contributed by atoms with Gasteiger partial charge in [0, 0.05) is 18.4 Å². The smallest absolute Gasteiger partial charge is 0.411 e. The van der Waals surface area contributed by atoms with E-state index in [9.17, 15) is 24.3 Å². The molecule has 3 N–H and O–H groups in total. The molecule has 2 aliphatic rings. The van der Waals surface area contributed by atoms with Crippen LogP contribution in [0.2, 0.25) is 0 Å². The molecule has 4 aromatic rings. The van der Waals surface area contributed by atoms with Gasteiger partial charge in [-0.1, -0.05) is 48.5 Å². The number of nitriles is 1. The van der Waals surface area contributed by atoms with Crippen LogP contribution in [0.4, 0.5) is 10.5 Å². The fourth-order valence-corrected chi connectivity index (χ4v) is 6.21. The van der Waals surface area contributed by atoms with E-state index in [-0.39, 0.29) is 25.1 Å². The molecule has 3 atom stereocenters. The number of aromatic hydroxyl groups is 1. The normalized spacial score (nSPS) is 16.9. The zero-order chi connectivity index (χ0) is 37.2. The number of anilines is 1. The Morgan fingerprint density at radius 3 is 2.27 bits per heavy atom. The minimum atomic E-state index is -1.06. The first-order valence-corrected chi connectivity index (χ1v) is 16.7. The highest BCUT2D eigenvalue weighted by atomic mass is 16.6. The molecule has 0 saturated heterocycles. The van der Waals surface area contributed by atoms with Gasteiger partial charge in [0.05, 0.1) is 31.0 Å². The quantitative estimate of drug-likeness (QED) is 0.209. The highest BCUT2D eigenvalue weighted by Gasteiger charge is 2.40. The van der Waals surface area contributed by atoms with Crippen LogP contribution in [-0.4, -0.2) is 58.7 Å². The van der Waals surface area contributed by atoms with Gasteiger partial charge in [-0.3, -0.25) is 14.5 Å². The fraction of sp³-hybridized carbons (Fsp3) is 0.275. The molecule has 0 saturated carbocycles. The molecule has 12 heteroatoms. The maximum Gasteiger partial charge on any atom is 0.411 e. The highest BCUT2D eigenvalue weighted by molar-refractivity contribution is 5.99. The third-order valence-corrected chi connectivity index (χ3v) is 8.84. The topological polar surface area (TPSA) is 167 Å². The molecule has 0 aromatic heterocycles. The Labute approximate surface area is 300 Å². The van der Waals surface area contributed by atoms with Crippen molar-refractivity contribution in [3.8, 4) is 28.7 Å². The van der Waals surface area contributed by atoms with E-state index >= 15 is 0 Å². The number of amides is 3. The number of benzene rings is 4. The van der Waals surface area contributed by atoms with Crippen LogP contribution in [0.15, 0.2) is 84.9 Å². The Morgan fingerprint density at radius 2 is 1.65 bits per heavy atom. The van der Waals surface area contributed by atoms with E-state index in [1.165, 1.54) is 24.1 Å². The van der Waals surface area contributed by atoms with E-state index < -0.39 is 47.7 Å². The van der Waals surface area contributed by atoms with Crippen molar-refractivity contribution in [1.82, 2.24) is 10.2 Å². The average molecular weight is 703 g/mol. The van der Waals surface area contributed by atoms with Gasteiger partial charge in [-0.25, -0.2) is 9.59 Å². The number of esters is 1. The lowest BCUT2D eigenvalue weighted by atomic mass is 9.91. The minimum Gasteiger partial charge on any atom is -0.508 e. The van der Waals surface area contributed by atoms with Crippen molar-refractivity contribution in [3.63, 3.8) is 0 Å². The monoisotopic (exact) mass is 702 g/mol. The van der Waals surface area contributed by atoms with Crippen LogP contribution in [0.3, 0.4) is 0 Å². The standard InChI is InChI=1S/C40H38N4O8/c1-40(2,3)52-39(49)44-22-29-20-34-31(42-37(47)35(51-34)27-13-15-30(45)16-14-27)18-28(29)19-33(44)36(46)43-32(38(48)50-4)17-23-5-9-25(10-6-23)26-11-7-24(21-41)8-12-26/h5-16,18,20,32-33,35,45H,17,19,22H2,1-4H3,(H,42,47)(H,43,46)/t32-,33?,35?/m0/s1. The first-order chi connectivity index (χ1) is 24.8. The van der Waals surface area contributed by atoms with Crippen molar-refractivity contribution < 1.29 is 38.5 Å². The number of nitrogens with zero attached hydrogens (tertiary/aromatic N) is 2. The van der Waals surface area contributed by atoms with Crippen molar-refractivity contribution in [2.45, 2.75) is 63.9 Å². The minimum absolute atomic E-state index is 0.00348. The Hall–Kier alpha value is -6.35. The van der Waals surface area contributed by atoms with Crippen LogP contribution in [-0.2, 0) is 43.2 Å². The van der Waals surface area contributed by atoms with Crippen molar-refractivity contribution >= 4 is 29.6 Å². The van der Waals surface area contributed by atoms with Crippen LogP contribution in [0.25, 0.3) is 11.1 Å². The summed E-state index contributed by atoms with van der Waals surface area (Å²) in [6, 6.07) is 24.3. The van der Waals surface area contributed by atoms with Crippen LogP contribution < -0.4 is 15.4 Å². The Bertz CT molecular complexity index is 2050. The van der Waals surface area contributed by atoms with Crippen molar-refractivity contribution in [3.05, 3.63) is 113 Å². The van der Waals surface area contributed by atoms with E-state index in [2.05, 4.69) is 16.7 Å².